The summed E-state index contributed by atoms with van der Waals surface area (Å²) >= 11 is 0. The molecule has 0 spiro atoms. The fourth-order valence-electron chi connectivity index (χ4n) is 5.87. The fourth-order valence-corrected chi connectivity index (χ4v) is 5.87. The number of methoxy groups -OCH3 is 1. The second kappa shape index (κ2) is 23.8. The maximum absolute atomic E-state index is 10.8. The van der Waals surface area contributed by atoms with Crippen molar-refractivity contribution >= 4 is 62.8 Å². The number of ether oxygens (including phenoxy) is 3. The number of nitrogens with zero attached hydrogens (tertiary/aromatic N) is 1. The van der Waals surface area contributed by atoms with Crippen molar-refractivity contribution in [2.75, 3.05) is 72.9 Å². The highest BCUT2D eigenvalue weighted by Crippen LogP contribution is 2.40. The maximum Gasteiger partial charge on any atom is 0.330 e. The van der Waals surface area contributed by atoms with Crippen molar-refractivity contribution in [3.63, 3.8) is 0 Å². The number of esters is 1. The number of benzene rings is 6. The molecule has 0 aromatic heterocycles. The Morgan fingerprint density at radius 2 is 1.23 bits per heavy atom. The maximum atomic E-state index is 10.8. The summed E-state index contributed by atoms with van der Waals surface area (Å²) in [5.41, 5.74) is 30.6. The van der Waals surface area contributed by atoms with Gasteiger partial charge in [-0.25, -0.2) is 4.79 Å². The SMILES string of the molecule is C=CC(=O)OCCCCCCOc1ccc(C=O)cc1.CN(C)c1ccc(N)cc1.COc1ccc(C2Nc3cccc4c(N)ccc(c34)N2)cc1.Nc1ccc(N)cc1. The lowest BCUT2D eigenvalue weighted by molar-refractivity contribution is -0.137. The molecule has 1 unspecified atom stereocenters. The first kappa shape index (κ1) is 45.4. The van der Waals surface area contributed by atoms with Crippen molar-refractivity contribution in [3.8, 4) is 11.5 Å². The van der Waals surface area contributed by atoms with Crippen LogP contribution in [-0.4, -0.2) is 46.7 Å². The van der Waals surface area contributed by atoms with Gasteiger partial charge in [-0.2, -0.15) is 0 Å². The van der Waals surface area contributed by atoms with E-state index in [4.69, 9.17) is 37.1 Å². The number of hydrogen-bond acceptors (Lipinski definition) is 12. The van der Waals surface area contributed by atoms with Gasteiger partial charge in [-0.15, -0.1) is 0 Å². The molecule has 6 aromatic rings. The van der Waals surface area contributed by atoms with E-state index >= 15 is 0 Å². The first-order valence-corrected chi connectivity index (χ1v) is 19.6. The average Bonchev–Trinajstić information content (AvgIpc) is 3.27. The topological polar surface area (TPSA) is 193 Å². The van der Waals surface area contributed by atoms with Crippen molar-refractivity contribution in [3.05, 3.63) is 151 Å². The number of carbonyl (C=O) groups excluding carboxylic acids is 2. The minimum absolute atomic E-state index is 0.0210. The molecule has 0 fully saturated rings. The predicted octanol–water partition coefficient (Wildman–Crippen LogP) is 9.32. The van der Waals surface area contributed by atoms with Crippen LogP contribution in [0.2, 0.25) is 0 Å². The number of nitrogen functional groups attached to an aromatic ring is 4. The van der Waals surface area contributed by atoms with E-state index in [9.17, 15) is 9.59 Å². The van der Waals surface area contributed by atoms with E-state index in [2.05, 4.69) is 41.5 Å². The molecule has 7 rings (SSSR count). The van der Waals surface area contributed by atoms with Crippen LogP contribution in [0.3, 0.4) is 0 Å². The van der Waals surface area contributed by atoms with Crippen LogP contribution in [0.15, 0.2) is 140 Å². The molecule has 1 aliphatic heterocycles. The van der Waals surface area contributed by atoms with E-state index < -0.39 is 0 Å². The monoisotopic (exact) mass is 811 g/mol. The lowest BCUT2D eigenvalue weighted by Crippen LogP contribution is -2.23. The van der Waals surface area contributed by atoms with Crippen LogP contribution in [0.25, 0.3) is 10.8 Å². The number of nitrogens with two attached hydrogens (primary N) is 4. The van der Waals surface area contributed by atoms with Gasteiger partial charge in [0.05, 0.1) is 20.3 Å². The Bertz CT molecular complexity index is 2200. The second-order valence-electron chi connectivity index (χ2n) is 13.9. The summed E-state index contributed by atoms with van der Waals surface area (Å²) in [5.74, 6) is 1.26. The van der Waals surface area contributed by atoms with Crippen molar-refractivity contribution in [2.45, 2.75) is 31.8 Å². The molecule has 314 valence electrons. The minimum atomic E-state index is -0.368. The Morgan fingerprint density at radius 3 is 1.78 bits per heavy atom. The van der Waals surface area contributed by atoms with Gasteiger partial charge >= 0.3 is 5.97 Å². The molecule has 0 bridgehead atoms. The summed E-state index contributed by atoms with van der Waals surface area (Å²) in [4.78, 5) is 23.3. The molecule has 12 heteroatoms. The molecule has 12 nitrogen and oxygen atoms in total. The minimum Gasteiger partial charge on any atom is -0.497 e. The van der Waals surface area contributed by atoms with Crippen LogP contribution in [0.1, 0.15) is 47.8 Å². The van der Waals surface area contributed by atoms with E-state index in [0.717, 1.165) is 93.9 Å². The fraction of sp³-hybridized carbons (Fsp3) is 0.208. The molecule has 10 N–H and O–H groups in total. The van der Waals surface area contributed by atoms with Gasteiger partial charge in [0, 0.05) is 76.3 Å². The van der Waals surface area contributed by atoms with E-state index in [0.29, 0.717) is 18.8 Å². The largest absolute Gasteiger partial charge is 0.497 e. The van der Waals surface area contributed by atoms with Crippen LogP contribution >= 0.6 is 0 Å². The first-order valence-electron chi connectivity index (χ1n) is 19.6. The third-order valence-corrected chi connectivity index (χ3v) is 9.20. The molecule has 1 heterocycles. The van der Waals surface area contributed by atoms with Gasteiger partial charge in [-0.05, 0) is 134 Å². The lowest BCUT2D eigenvalue weighted by Gasteiger charge is -2.30. The van der Waals surface area contributed by atoms with Gasteiger partial charge in [0.15, 0.2) is 0 Å². The lowest BCUT2D eigenvalue weighted by atomic mass is 10.0. The smallest absolute Gasteiger partial charge is 0.330 e. The molecule has 0 saturated heterocycles. The zero-order chi connectivity index (χ0) is 43.3. The zero-order valence-electron chi connectivity index (χ0n) is 34.6. The molecule has 0 radical (unpaired) electrons. The number of hydrogen-bond donors (Lipinski definition) is 6. The molecule has 0 saturated carbocycles. The Hall–Kier alpha value is -7.34. The predicted molar refractivity (Wildman–Crippen MR) is 249 cm³/mol. The van der Waals surface area contributed by atoms with Crippen molar-refractivity contribution in [1.82, 2.24) is 0 Å². The zero-order valence-corrected chi connectivity index (χ0v) is 34.6. The summed E-state index contributed by atoms with van der Waals surface area (Å²) in [6, 6.07) is 40.1. The standard InChI is InChI=1S/C18H17N3O.C16H20O4.C8H12N2.C6H8N2/c1-22-12-7-5-11(6-8-12)18-20-15-4-2-3-13-14(19)9-10-16(21-18)17(13)15;1-2-16(18)20-12-6-4-3-5-11-19-15-9-7-14(13-17)8-10-15;1-10(2)8-5-3-7(9)4-6-8;7-5-1-2-6(8)4-3-5/h2-10,18,20-21H,19H2,1H3;2,7-10,13H,1,3-6,11-12H2;3-6H,9H2,1-2H3;1-4H,7-8H2. The van der Waals surface area contributed by atoms with E-state index in [-0.39, 0.29) is 12.1 Å². The van der Waals surface area contributed by atoms with Gasteiger partial charge < -0.3 is 52.7 Å². The summed E-state index contributed by atoms with van der Waals surface area (Å²) in [6.07, 6.45) is 5.83. The molecule has 60 heavy (non-hydrogen) atoms. The summed E-state index contributed by atoms with van der Waals surface area (Å²) in [5, 5.41) is 9.29. The number of rotatable bonds is 13. The highest BCUT2D eigenvalue weighted by atomic mass is 16.5. The summed E-state index contributed by atoms with van der Waals surface area (Å²) in [6.45, 7) is 4.42. The van der Waals surface area contributed by atoms with Gasteiger partial charge in [0.1, 0.15) is 24.0 Å². The molecule has 1 aliphatic rings. The Kier molecular flexibility index (Phi) is 18.0. The van der Waals surface area contributed by atoms with Crippen molar-refractivity contribution in [1.29, 1.82) is 0 Å². The second-order valence-corrected chi connectivity index (χ2v) is 13.9. The van der Waals surface area contributed by atoms with E-state index in [1.807, 2.05) is 73.6 Å². The van der Waals surface area contributed by atoms with Crippen LogP contribution < -0.4 is 47.9 Å². The van der Waals surface area contributed by atoms with Gasteiger partial charge in [-0.3, -0.25) is 4.79 Å². The molecule has 6 aromatic carbocycles. The first-order chi connectivity index (χ1) is 29.0. The van der Waals surface area contributed by atoms with Crippen LogP contribution in [0.5, 0.6) is 11.5 Å². The quantitative estimate of drug-likeness (QED) is 0.0213. The molecular formula is C48H57N7O5. The average molecular weight is 812 g/mol. The number of aldehydes is 1. The molecule has 0 aliphatic carbocycles. The third kappa shape index (κ3) is 14.6. The van der Waals surface area contributed by atoms with Crippen molar-refractivity contribution in [2.24, 2.45) is 0 Å². The van der Waals surface area contributed by atoms with Crippen LogP contribution in [0.4, 0.5) is 39.8 Å². The van der Waals surface area contributed by atoms with Gasteiger partial charge in [-0.1, -0.05) is 30.8 Å². The van der Waals surface area contributed by atoms with Crippen molar-refractivity contribution < 1.29 is 23.8 Å². The van der Waals surface area contributed by atoms with E-state index in [1.165, 1.54) is 11.8 Å². The van der Waals surface area contributed by atoms with Crippen LogP contribution in [-0.2, 0) is 9.53 Å². The van der Waals surface area contributed by atoms with Crippen LogP contribution in [0, 0.1) is 0 Å². The molecular weight excluding hydrogens is 755 g/mol. The Morgan fingerprint density at radius 1 is 0.683 bits per heavy atom. The number of nitrogens with one attached hydrogen (secondary N) is 2. The highest BCUT2D eigenvalue weighted by molar-refractivity contribution is 6.09. The molecule has 0 amide bonds. The Balaban J connectivity index is 0.000000190. The Labute approximate surface area is 353 Å². The third-order valence-electron chi connectivity index (χ3n) is 9.20. The van der Waals surface area contributed by atoms with E-state index in [1.54, 1.807) is 55.6 Å². The van der Waals surface area contributed by atoms with Gasteiger partial charge in [0.2, 0.25) is 0 Å². The number of anilines is 7. The molecule has 1 atom stereocenters. The highest BCUT2D eigenvalue weighted by Gasteiger charge is 2.21. The number of unbranched alkanes of at least 4 members (excludes halogenated alkanes) is 3. The summed E-state index contributed by atoms with van der Waals surface area (Å²) < 4.78 is 15.6. The number of carbonyl (C=O) groups is 2. The van der Waals surface area contributed by atoms with Gasteiger partial charge in [0.25, 0.3) is 0 Å². The summed E-state index contributed by atoms with van der Waals surface area (Å²) in [7, 11) is 5.69. The normalized spacial score (nSPS) is 11.9.